The third kappa shape index (κ3) is 1.16. The van der Waals surface area contributed by atoms with Gasteiger partial charge in [0.1, 0.15) is 0 Å². The molecule has 2 rings (SSSR count). The second-order valence-corrected chi connectivity index (χ2v) is 3.46. The van der Waals surface area contributed by atoms with Gasteiger partial charge >= 0.3 is 0 Å². The highest BCUT2D eigenvalue weighted by atomic mass is 79.9. The summed E-state index contributed by atoms with van der Waals surface area (Å²) in [7, 11) is 0. The predicted octanol–water partition coefficient (Wildman–Crippen LogP) is 2.58. The fourth-order valence-corrected chi connectivity index (χ4v) is 1.64. The first-order valence-electron chi connectivity index (χ1n) is 3.56. The Morgan fingerprint density at radius 2 is 2.08 bits per heavy atom. The van der Waals surface area contributed by atoms with Gasteiger partial charge in [-0.2, -0.15) is 0 Å². The summed E-state index contributed by atoms with van der Waals surface area (Å²) >= 11 is 3.42. The van der Waals surface area contributed by atoms with Gasteiger partial charge in [0.2, 0.25) is 0 Å². The topological polar surface area (TPSA) is 38.9 Å². The van der Waals surface area contributed by atoms with E-state index in [-0.39, 0.29) is 0 Å². The van der Waals surface area contributed by atoms with Crippen LogP contribution in [0.2, 0.25) is 0 Å². The highest BCUT2D eigenvalue weighted by Crippen LogP contribution is 2.23. The zero-order valence-corrected chi connectivity index (χ0v) is 7.88. The fraction of sp³-hybridized carbons (Fsp3) is 0. The molecule has 1 aromatic carbocycles. The number of nitrogen functional groups attached to an aromatic ring is 1. The molecule has 12 heavy (non-hydrogen) atoms. The maximum Gasteiger partial charge on any atom is 0.0437 e. The lowest BCUT2D eigenvalue weighted by Gasteiger charge is -1.99. The van der Waals surface area contributed by atoms with Crippen LogP contribution in [-0.2, 0) is 0 Å². The van der Waals surface area contributed by atoms with E-state index in [1.54, 1.807) is 12.4 Å². The smallest absolute Gasteiger partial charge is 0.0437 e. The molecule has 0 saturated carbocycles. The maximum atomic E-state index is 5.63. The zero-order chi connectivity index (χ0) is 8.55. The first-order chi connectivity index (χ1) is 5.77. The van der Waals surface area contributed by atoms with E-state index in [0.717, 1.165) is 20.9 Å². The van der Waals surface area contributed by atoms with E-state index in [9.17, 15) is 0 Å². The number of rotatable bonds is 0. The number of anilines is 1. The van der Waals surface area contributed by atoms with Gasteiger partial charge in [-0.05, 0) is 33.4 Å². The van der Waals surface area contributed by atoms with Gasteiger partial charge in [-0.1, -0.05) is 6.07 Å². The first-order valence-corrected chi connectivity index (χ1v) is 4.35. The number of hydrogen-bond acceptors (Lipinski definition) is 2. The van der Waals surface area contributed by atoms with Crippen molar-refractivity contribution in [3.8, 4) is 0 Å². The zero-order valence-electron chi connectivity index (χ0n) is 6.29. The molecular weight excluding hydrogens is 216 g/mol. The van der Waals surface area contributed by atoms with Crippen LogP contribution in [0.4, 0.5) is 5.69 Å². The summed E-state index contributed by atoms with van der Waals surface area (Å²) in [6, 6.07) is 5.77. The molecule has 2 N–H and O–H groups in total. The molecule has 0 amide bonds. The average Bonchev–Trinajstić information content (AvgIpc) is 2.04. The van der Waals surface area contributed by atoms with Crippen molar-refractivity contribution < 1.29 is 0 Å². The van der Waals surface area contributed by atoms with Crippen LogP contribution in [0.1, 0.15) is 0 Å². The predicted molar refractivity (Wildman–Crippen MR) is 53.9 cm³/mol. The summed E-state index contributed by atoms with van der Waals surface area (Å²) in [4.78, 5) is 4.05. The highest BCUT2D eigenvalue weighted by molar-refractivity contribution is 9.10. The Hall–Kier alpha value is -1.09. The van der Waals surface area contributed by atoms with Crippen molar-refractivity contribution in [1.29, 1.82) is 0 Å². The Balaban J connectivity index is 2.86. The molecule has 1 aromatic heterocycles. The van der Waals surface area contributed by atoms with Crippen LogP contribution in [0.15, 0.2) is 35.1 Å². The molecule has 0 radical (unpaired) electrons. The molecule has 0 aliphatic rings. The molecular formula is C9H7BrN2. The monoisotopic (exact) mass is 222 g/mol. The van der Waals surface area contributed by atoms with Gasteiger partial charge < -0.3 is 5.73 Å². The van der Waals surface area contributed by atoms with E-state index in [0.29, 0.717) is 0 Å². The largest absolute Gasteiger partial charge is 0.399 e. The molecule has 0 aliphatic heterocycles. The number of nitrogens with zero attached hydrogens (tertiary/aromatic N) is 1. The Morgan fingerprint density at radius 3 is 2.92 bits per heavy atom. The maximum absolute atomic E-state index is 5.63. The fourth-order valence-electron chi connectivity index (χ4n) is 1.16. The van der Waals surface area contributed by atoms with Crippen molar-refractivity contribution in [2.75, 3.05) is 5.73 Å². The minimum Gasteiger partial charge on any atom is -0.399 e. The second kappa shape index (κ2) is 2.75. The summed E-state index contributed by atoms with van der Waals surface area (Å²) in [5.41, 5.74) is 6.40. The van der Waals surface area contributed by atoms with Crippen molar-refractivity contribution in [3.63, 3.8) is 0 Å². The molecule has 0 spiro atoms. The van der Waals surface area contributed by atoms with Crippen molar-refractivity contribution in [2.24, 2.45) is 0 Å². The van der Waals surface area contributed by atoms with Crippen LogP contribution >= 0.6 is 15.9 Å². The second-order valence-electron chi connectivity index (χ2n) is 2.60. The molecule has 0 bridgehead atoms. The average molecular weight is 223 g/mol. The van der Waals surface area contributed by atoms with Crippen LogP contribution in [0.5, 0.6) is 0 Å². The lowest BCUT2D eigenvalue weighted by Crippen LogP contribution is -1.84. The quantitative estimate of drug-likeness (QED) is 0.697. The van der Waals surface area contributed by atoms with E-state index in [4.69, 9.17) is 5.73 Å². The van der Waals surface area contributed by atoms with Crippen LogP contribution in [0.3, 0.4) is 0 Å². The van der Waals surface area contributed by atoms with Crippen molar-refractivity contribution in [3.05, 3.63) is 35.1 Å². The van der Waals surface area contributed by atoms with Crippen LogP contribution in [-0.4, -0.2) is 4.98 Å². The number of pyridine rings is 1. The van der Waals surface area contributed by atoms with Gasteiger partial charge in [-0.15, -0.1) is 0 Å². The van der Waals surface area contributed by atoms with Gasteiger partial charge in [0.05, 0.1) is 0 Å². The molecule has 0 unspecified atom stereocenters. The van der Waals surface area contributed by atoms with Crippen molar-refractivity contribution in [1.82, 2.24) is 4.98 Å². The lowest BCUT2D eigenvalue weighted by molar-refractivity contribution is 1.35. The van der Waals surface area contributed by atoms with E-state index < -0.39 is 0 Å². The van der Waals surface area contributed by atoms with Crippen LogP contribution in [0, 0.1) is 0 Å². The molecule has 1 heterocycles. The molecule has 0 atom stereocenters. The lowest BCUT2D eigenvalue weighted by atomic mass is 10.2. The van der Waals surface area contributed by atoms with Crippen molar-refractivity contribution >= 4 is 32.4 Å². The van der Waals surface area contributed by atoms with Crippen molar-refractivity contribution in [2.45, 2.75) is 0 Å². The molecule has 0 saturated heterocycles. The molecule has 60 valence electrons. The van der Waals surface area contributed by atoms with E-state index in [2.05, 4.69) is 20.9 Å². The van der Waals surface area contributed by atoms with Gasteiger partial charge in [0.25, 0.3) is 0 Å². The third-order valence-electron chi connectivity index (χ3n) is 1.73. The number of halogens is 1. The van der Waals surface area contributed by atoms with E-state index in [1.807, 2.05) is 18.2 Å². The standard InChI is InChI=1S/C9H7BrN2/c10-9-5-12-4-6-3-7(11)1-2-8(6)9/h1-5H,11H2. The SMILES string of the molecule is Nc1ccc2c(Br)cncc2c1. The Labute approximate surface area is 78.5 Å². The van der Waals surface area contributed by atoms with Gasteiger partial charge in [0.15, 0.2) is 0 Å². The summed E-state index contributed by atoms with van der Waals surface area (Å²) < 4.78 is 1.00. The molecule has 3 heteroatoms. The Kier molecular flexibility index (Phi) is 1.73. The van der Waals surface area contributed by atoms with Gasteiger partial charge in [0, 0.05) is 27.9 Å². The Morgan fingerprint density at radius 1 is 1.25 bits per heavy atom. The highest BCUT2D eigenvalue weighted by Gasteiger charge is 1.97. The van der Waals surface area contributed by atoms with Crippen LogP contribution in [0.25, 0.3) is 10.8 Å². The van der Waals surface area contributed by atoms with Gasteiger partial charge in [-0.3, -0.25) is 4.98 Å². The first kappa shape index (κ1) is 7.55. The minimum atomic E-state index is 0.766. The minimum absolute atomic E-state index is 0.766. The Bertz CT molecular complexity index is 426. The number of aromatic nitrogens is 1. The summed E-state index contributed by atoms with van der Waals surface area (Å²) in [5.74, 6) is 0. The van der Waals surface area contributed by atoms with E-state index >= 15 is 0 Å². The molecule has 0 fully saturated rings. The number of hydrogen-bond donors (Lipinski definition) is 1. The normalized spacial score (nSPS) is 10.4. The summed E-state index contributed by atoms with van der Waals surface area (Å²) in [6.45, 7) is 0. The molecule has 0 aliphatic carbocycles. The van der Waals surface area contributed by atoms with Gasteiger partial charge in [-0.25, -0.2) is 0 Å². The van der Waals surface area contributed by atoms with Crippen LogP contribution < -0.4 is 5.73 Å². The molecule has 2 aromatic rings. The summed E-state index contributed by atoms with van der Waals surface area (Å²) in [6.07, 6.45) is 3.58. The number of benzene rings is 1. The van der Waals surface area contributed by atoms with E-state index in [1.165, 1.54) is 0 Å². The number of nitrogens with two attached hydrogens (primary N) is 1. The summed E-state index contributed by atoms with van der Waals surface area (Å²) in [5, 5.41) is 2.20. The number of fused-ring (bicyclic) bond motifs is 1. The third-order valence-corrected chi connectivity index (χ3v) is 2.37. The molecule has 2 nitrogen and oxygen atoms in total.